The molecule has 3 N–H and O–H groups in total. The number of aliphatic hydroxyl groups is 1. The van der Waals surface area contributed by atoms with Crippen LogP contribution in [0.3, 0.4) is 0 Å². The van der Waals surface area contributed by atoms with Gasteiger partial charge in [-0.15, -0.1) is 0 Å². The van der Waals surface area contributed by atoms with Crippen molar-refractivity contribution in [2.75, 3.05) is 11.9 Å². The molecule has 1 saturated carbocycles. The molecule has 1 heterocycles. The minimum absolute atomic E-state index is 0.0587. The van der Waals surface area contributed by atoms with Crippen LogP contribution in [0.4, 0.5) is 5.69 Å². The molecule has 7 nitrogen and oxygen atoms in total. The van der Waals surface area contributed by atoms with E-state index < -0.39 is 16.1 Å². The molecule has 2 aliphatic rings. The first kappa shape index (κ1) is 13.3. The van der Waals surface area contributed by atoms with E-state index in [0.717, 1.165) is 0 Å². The van der Waals surface area contributed by atoms with E-state index in [1.807, 2.05) is 0 Å². The summed E-state index contributed by atoms with van der Waals surface area (Å²) in [6, 6.07) is 4.06. The predicted octanol–water partition coefficient (Wildman–Crippen LogP) is -0.181. The summed E-state index contributed by atoms with van der Waals surface area (Å²) in [4.78, 5) is 11.3. The molecule has 0 atom stereocenters. The number of sulfonamides is 1. The Morgan fingerprint density at radius 1 is 1.35 bits per heavy atom. The summed E-state index contributed by atoms with van der Waals surface area (Å²) in [6.07, 6.45) is 0.410. The second-order valence-corrected chi connectivity index (χ2v) is 6.65. The number of benzene rings is 1. The van der Waals surface area contributed by atoms with Gasteiger partial charge < -0.3 is 15.2 Å². The number of carbonyl (C=O) groups is 1. The summed E-state index contributed by atoms with van der Waals surface area (Å²) < 4.78 is 32.0. The molecule has 1 fully saturated rings. The maximum atomic E-state index is 12.2. The van der Waals surface area contributed by atoms with Crippen molar-refractivity contribution in [3.05, 3.63) is 18.2 Å². The lowest BCUT2D eigenvalue weighted by atomic mass is 9.91. The highest BCUT2D eigenvalue weighted by molar-refractivity contribution is 7.89. The molecular weight excluding hydrogens is 284 g/mol. The zero-order chi connectivity index (χ0) is 14.3. The Balaban J connectivity index is 1.82. The topological polar surface area (TPSA) is 105 Å². The number of aliphatic hydroxyl groups excluding tert-OH is 1. The number of amides is 1. The van der Waals surface area contributed by atoms with Gasteiger partial charge in [0.25, 0.3) is 5.91 Å². The second kappa shape index (κ2) is 4.72. The van der Waals surface area contributed by atoms with Gasteiger partial charge in [0.05, 0.1) is 16.7 Å². The monoisotopic (exact) mass is 298 g/mol. The summed E-state index contributed by atoms with van der Waals surface area (Å²) in [6.45, 7) is -0.0721. The third-order valence-corrected chi connectivity index (χ3v) is 4.85. The van der Waals surface area contributed by atoms with Gasteiger partial charge in [-0.3, -0.25) is 4.79 Å². The van der Waals surface area contributed by atoms with E-state index in [4.69, 9.17) is 4.74 Å². The molecule has 1 aliphatic carbocycles. The summed E-state index contributed by atoms with van der Waals surface area (Å²) in [7, 11) is -3.66. The van der Waals surface area contributed by atoms with Crippen molar-refractivity contribution in [3.63, 3.8) is 0 Å². The SMILES string of the molecule is O=C1COc2ccc(S(=O)(=O)NC3CC(O)C3)cc2N1. The molecule has 1 aromatic rings. The largest absolute Gasteiger partial charge is 0.482 e. The molecule has 0 aromatic heterocycles. The number of hydrogen-bond donors (Lipinski definition) is 3. The maximum Gasteiger partial charge on any atom is 0.262 e. The number of ether oxygens (including phenoxy) is 1. The molecule has 3 rings (SSSR count). The molecule has 20 heavy (non-hydrogen) atoms. The van der Waals surface area contributed by atoms with Crippen molar-refractivity contribution in [3.8, 4) is 5.75 Å². The van der Waals surface area contributed by atoms with Gasteiger partial charge in [-0.25, -0.2) is 13.1 Å². The zero-order valence-electron chi connectivity index (χ0n) is 10.5. The van der Waals surface area contributed by atoms with E-state index >= 15 is 0 Å². The van der Waals surface area contributed by atoms with Crippen LogP contribution >= 0.6 is 0 Å². The van der Waals surface area contributed by atoms with Gasteiger partial charge in [-0.1, -0.05) is 0 Å². The number of carbonyl (C=O) groups excluding carboxylic acids is 1. The van der Waals surface area contributed by atoms with E-state index in [9.17, 15) is 18.3 Å². The predicted molar refractivity (Wildman–Crippen MR) is 69.9 cm³/mol. The van der Waals surface area contributed by atoms with E-state index in [1.165, 1.54) is 18.2 Å². The van der Waals surface area contributed by atoms with Crippen LogP contribution < -0.4 is 14.8 Å². The first-order valence-corrected chi connectivity index (χ1v) is 7.69. The minimum Gasteiger partial charge on any atom is -0.482 e. The highest BCUT2D eigenvalue weighted by Crippen LogP contribution is 2.30. The van der Waals surface area contributed by atoms with E-state index in [0.29, 0.717) is 24.3 Å². The van der Waals surface area contributed by atoms with Crippen LogP contribution in [0.5, 0.6) is 5.75 Å². The Labute approximate surface area is 116 Å². The lowest BCUT2D eigenvalue weighted by molar-refractivity contribution is -0.118. The molecule has 0 unspecified atom stereocenters. The van der Waals surface area contributed by atoms with Gasteiger partial charge in [-0.2, -0.15) is 0 Å². The van der Waals surface area contributed by atoms with Crippen LogP contribution in [0.25, 0.3) is 0 Å². The first-order chi connectivity index (χ1) is 9.44. The molecule has 0 radical (unpaired) electrons. The normalized spacial score (nSPS) is 25.1. The zero-order valence-corrected chi connectivity index (χ0v) is 11.3. The molecule has 8 heteroatoms. The van der Waals surface area contributed by atoms with Gasteiger partial charge in [0.1, 0.15) is 5.75 Å². The number of fused-ring (bicyclic) bond motifs is 1. The van der Waals surface area contributed by atoms with Crippen LogP contribution in [0, 0.1) is 0 Å². The van der Waals surface area contributed by atoms with Crippen LogP contribution in [0.2, 0.25) is 0 Å². The van der Waals surface area contributed by atoms with Crippen LogP contribution in [0.1, 0.15) is 12.8 Å². The Hall–Kier alpha value is -1.64. The number of nitrogens with one attached hydrogen (secondary N) is 2. The Kier molecular flexibility index (Phi) is 3.15. The third-order valence-electron chi connectivity index (χ3n) is 3.33. The molecule has 0 saturated heterocycles. The van der Waals surface area contributed by atoms with Crippen LogP contribution in [-0.2, 0) is 14.8 Å². The number of rotatable bonds is 3. The summed E-state index contributed by atoms with van der Waals surface area (Å²) in [5.74, 6) is 0.129. The van der Waals surface area contributed by atoms with Crippen LogP contribution in [0.15, 0.2) is 23.1 Å². The first-order valence-electron chi connectivity index (χ1n) is 6.21. The van der Waals surface area contributed by atoms with Crippen molar-refractivity contribution in [2.24, 2.45) is 0 Å². The van der Waals surface area contributed by atoms with E-state index in [1.54, 1.807) is 0 Å². The minimum atomic E-state index is -3.66. The fraction of sp³-hybridized carbons (Fsp3) is 0.417. The molecule has 0 spiro atoms. The maximum absolute atomic E-state index is 12.2. The molecular formula is C12H14N2O5S. The van der Waals surface area contributed by atoms with Gasteiger partial charge in [0, 0.05) is 6.04 Å². The highest BCUT2D eigenvalue weighted by Gasteiger charge is 2.31. The van der Waals surface area contributed by atoms with Gasteiger partial charge >= 0.3 is 0 Å². The third kappa shape index (κ3) is 2.49. The highest BCUT2D eigenvalue weighted by atomic mass is 32.2. The summed E-state index contributed by atoms with van der Waals surface area (Å²) >= 11 is 0. The fourth-order valence-electron chi connectivity index (χ4n) is 2.20. The number of anilines is 1. The molecule has 1 aromatic carbocycles. The van der Waals surface area contributed by atoms with Crippen molar-refractivity contribution in [1.29, 1.82) is 0 Å². The van der Waals surface area contributed by atoms with Crippen molar-refractivity contribution in [1.82, 2.24) is 4.72 Å². The van der Waals surface area contributed by atoms with Crippen molar-refractivity contribution < 1.29 is 23.1 Å². The smallest absolute Gasteiger partial charge is 0.262 e. The summed E-state index contributed by atoms with van der Waals surface area (Å²) in [5, 5.41) is 11.7. The average molecular weight is 298 g/mol. The Bertz CT molecular complexity index is 652. The fourth-order valence-corrected chi connectivity index (χ4v) is 3.49. The Morgan fingerprint density at radius 2 is 2.10 bits per heavy atom. The molecule has 108 valence electrons. The van der Waals surface area contributed by atoms with Crippen LogP contribution in [-0.4, -0.2) is 38.2 Å². The van der Waals surface area contributed by atoms with Gasteiger partial charge in [-0.05, 0) is 31.0 Å². The standard InChI is InChI=1S/C12H14N2O5S/c15-8-3-7(4-8)14-20(17,18)9-1-2-11-10(5-9)13-12(16)6-19-11/h1-2,5,7-8,14-15H,3-4,6H2,(H,13,16). The molecule has 0 bridgehead atoms. The van der Waals surface area contributed by atoms with Crippen molar-refractivity contribution >= 4 is 21.6 Å². The van der Waals surface area contributed by atoms with Crippen molar-refractivity contribution in [2.45, 2.75) is 29.9 Å². The van der Waals surface area contributed by atoms with E-state index in [-0.39, 0.29) is 23.5 Å². The van der Waals surface area contributed by atoms with Gasteiger partial charge in [0.2, 0.25) is 10.0 Å². The number of hydrogen-bond acceptors (Lipinski definition) is 5. The average Bonchev–Trinajstić information content (AvgIpc) is 2.35. The van der Waals surface area contributed by atoms with Gasteiger partial charge in [0.15, 0.2) is 6.61 Å². The lowest BCUT2D eigenvalue weighted by Gasteiger charge is -2.31. The van der Waals surface area contributed by atoms with E-state index in [2.05, 4.69) is 10.0 Å². The quantitative estimate of drug-likeness (QED) is 0.718. The Morgan fingerprint density at radius 3 is 2.80 bits per heavy atom. The molecule has 1 aliphatic heterocycles. The lowest BCUT2D eigenvalue weighted by Crippen LogP contribution is -2.46. The second-order valence-electron chi connectivity index (χ2n) is 4.94. The molecule has 1 amide bonds. The summed E-state index contributed by atoms with van der Waals surface area (Å²) in [5.41, 5.74) is 0.345.